The fourth-order valence-corrected chi connectivity index (χ4v) is 2.77. The van der Waals surface area contributed by atoms with Gasteiger partial charge in [0.2, 0.25) is 0 Å². The molecule has 1 aromatic rings. The van der Waals surface area contributed by atoms with Crippen molar-refractivity contribution < 1.29 is 29.3 Å². The first-order valence-electron chi connectivity index (χ1n) is 8.53. The lowest BCUT2D eigenvalue weighted by Crippen LogP contribution is -2.41. The molecule has 5 N–H and O–H groups in total. The van der Waals surface area contributed by atoms with E-state index < -0.39 is 30.1 Å². The first-order chi connectivity index (χ1) is 13.3. The molecule has 1 aliphatic heterocycles. The van der Waals surface area contributed by atoms with Crippen LogP contribution in [0.4, 0.5) is 17.3 Å². The molecule has 0 amide bonds. The van der Waals surface area contributed by atoms with E-state index in [-0.39, 0.29) is 6.61 Å². The quantitative estimate of drug-likeness (QED) is 0.303. The maximum absolute atomic E-state index is 11.0. The van der Waals surface area contributed by atoms with Crippen molar-refractivity contribution in [1.82, 2.24) is 9.97 Å². The molecule has 0 aromatic carbocycles. The third-order valence-electron chi connectivity index (χ3n) is 4.29. The maximum atomic E-state index is 11.0. The largest absolute Gasteiger partial charge is 0.479 e. The van der Waals surface area contributed by atoms with Crippen LogP contribution in [0.15, 0.2) is 0 Å². The van der Waals surface area contributed by atoms with Crippen LogP contribution in [0.3, 0.4) is 0 Å². The molecule has 2 rings (SSSR count). The summed E-state index contributed by atoms with van der Waals surface area (Å²) in [6.45, 7) is 2.33. The molecule has 0 saturated heterocycles. The number of carboxylic acid groups (broad SMARTS) is 2. The average Bonchev–Trinajstić information content (AvgIpc) is 3.06. The van der Waals surface area contributed by atoms with Crippen molar-refractivity contribution in [1.29, 1.82) is 0 Å². The predicted octanol–water partition coefficient (Wildman–Crippen LogP) is -0.371. The van der Waals surface area contributed by atoms with E-state index in [1.165, 1.54) is 7.11 Å². The number of hydrogen-bond acceptors (Lipinski definition) is 9. The van der Waals surface area contributed by atoms with Crippen LogP contribution in [0.1, 0.15) is 12.7 Å². The molecular formula is C17H23N5O6. The van der Waals surface area contributed by atoms with Crippen molar-refractivity contribution in [3.05, 3.63) is 5.82 Å². The highest BCUT2D eigenvalue weighted by atomic mass is 16.6. The van der Waals surface area contributed by atoms with Crippen LogP contribution in [-0.2, 0) is 25.5 Å². The number of nitrogens with two attached hydrogens (primary N) is 1. The molecule has 0 radical (unpaired) electrons. The maximum Gasteiger partial charge on any atom is 0.344 e. The Labute approximate surface area is 161 Å². The topological polar surface area (TPSA) is 160 Å². The van der Waals surface area contributed by atoms with E-state index in [1.807, 2.05) is 11.8 Å². The molecule has 2 heterocycles. The molecule has 1 aromatic heterocycles. The molecule has 11 heteroatoms. The summed E-state index contributed by atoms with van der Waals surface area (Å²) in [5, 5.41) is 20.9. The third kappa shape index (κ3) is 4.59. The number of carbonyl (C=O) groups is 2. The number of nitrogen functional groups attached to an aromatic ring is 1. The number of aliphatic carboxylic acids is 2. The van der Waals surface area contributed by atoms with Crippen molar-refractivity contribution in [3.8, 4) is 12.3 Å². The second kappa shape index (κ2) is 9.20. The van der Waals surface area contributed by atoms with Gasteiger partial charge in [-0.3, -0.25) is 0 Å². The first-order valence-corrected chi connectivity index (χ1v) is 8.53. The number of nitrogens with zero attached hydrogens (tertiary/aromatic N) is 3. The summed E-state index contributed by atoms with van der Waals surface area (Å²) in [5.74, 6) is 0.429. The van der Waals surface area contributed by atoms with E-state index in [0.29, 0.717) is 42.8 Å². The van der Waals surface area contributed by atoms with E-state index in [2.05, 4.69) is 21.2 Å². The Hall–Kier alpha value is -3.10. The zero-order chi connectivity index (χ0) is 20.8. The van der Waals surface area contributed by atoms with Gasteiger partial charge in [-0.05, 0) is 0 Å². The van der Waals surface area contributed by atoms with Gasteiger partial charge in [0, 0.05) is 20.1 Å². The van der Waals surface area contributed by atoms with E-state index in [1.54, 1.807) is 0 Å². The number of fused-ring (bicyclic) bond motifs is 1. The Balaban J connectivity index is 2.12. The van der Waals surface area contributed by atoms with Crippen LogP contribution in [-0.4, -0.2) is 71.3 Å². The van der Waals surface area contributed by atoms with Gasteiger partial charge in [0.05, 0.1) is 25.3 Å². The van der Waals surface area contributed by atoms with Crippen molar-refractivity contribution in [2.45, 2.75) is 25.6 Å². The normalized spacial score (nSPS) is 14.9. The molecule has 11 nitrogen and oxygen atoms in total. The number of aryl methyl sites for hydroxylation is 1. The van der Waals surface area contributed by atoms with Gasteiger partial charge in [-0.15, -0.1) is 6.42 Å². The van der Waals surface area contributed by atoms with E-state index in [0.717, 1.165) is 0 Å². The molecule has 28 heavy (non-hydrogen) atoms. The summed E-state index contributed by atoms with van der Waals surface area (Å²) in [6.07, 6.45) is 3.53. The van der Waals surface area contributed by atoms with Gasteiger partial charge in [0.15, 0.2) is 11.6 Å². The lowest BCUT2D eigenvalue weighted by Gasteiger charge is -2.27. The number of carboxylic acids is 2. The highest BCUT2D eigenvalue weighted by molar-refractivity contribution is 5.96. The molecule has 2 atom stereocenters. The molecule has 0 saturated carbocycles. The number of rotatable bonds is 10. The number of ether oxygens (including phenoxy) is 2. The summed E-state index contributed by atoms with van der Waals surface area (Å²) in [4.78, 5) is 32.5. The van der Waals surface area contributed by atoms with Gasteiger partial charge in [0.25, 0.3) is 6.10 Å². The van der Waals surface area contributed by atoms with E-state index in [4.69, 9.17) is 31.8 Å². The SMILES string of the molecule is C#CC(CN1CNc2c(N)nc(CC)nc21)C(COC(C(=O)O)C(=O)O)OC. The highest BCUT2D eigenvalue weighted by Crippen LogP contribution is 2.34. The second-order valence-corrected chi connectivity index (χ2v) is 6.07. The van der Waals surface area contributed by atoms with E-state index in [9.17, 15) is 9.59 Å². The van der Waals surface area contributed by atoms with Gasteiger partial charge >= 0.3 is 11.9 Å². The summed E-state index contributed by atoms with van der Waals surface area (Å²) < 4.78 is 10.3. The van der Waals surface area contributed by atoms with Crippen LogP contribution in [0.5, 0.6) is 0 Å². The third-order valence-corrected chi connectivity index (χ3v) is 4.29. The van der Waals surface area contributed by atoms with Crippen LogP contribution >= 0.6 is 0 Å². The summed E-state index contributed by atoms with van der Waals surface area (Å²) in [5.41, 5.74) is 6.58. The average molecular weight is 393 g/mol. The fourth-order valence-electron chi connectivity index (χ4n) is 2.77. The number of hydrogen-bond donors (Lipinski definition) is 4. The van der Waals surface area contributed by atoms with Crippen LogP contribution < -0.4 is 16.0 Å². The number of aromatic nitrogens is 2. The monoisotopic (exact) mass is 393 g/mol. The highest BCUT2D eigenvalue weighted by Gasteiger charge is 2.32. The molecule has 1 aliphatic rings. The van der Waals surface area contributed by atoms with Gasteiger partial charge < -0.3 is 35.6 Å². The van der Waals surface area contributed by atoms with Crippen LogP contribution in [0.25, 0.3) is 0 Å². The Morgan fingerprint density at radius 2 is 2.07 bits per heavy atom. The zero-order valence-corrected chi connectivity index (χ0v) is 15.6. The minimum absolute atomic E-state index is 0.297. The smallest absolute Gasteiger partial charge is 0.344 e. The Morgan fingerprint density at radius 1 is 1.39 bits per heavy atom. The summed E-state index contributed by atoms with van der Waals surface area (Å²) in [6, 6.07) is 0. The van der Waals surface area contributed by atoms with Gasteiger partial charge in [0.1, 0.15) is 11.5 Å². The number of anilines is 3. The lowest BCUT2D eigenvalue weighted by molar-refractivity contribution is -0.168. The van der Waals surface area contributed by atoms with Gasteiger partial charge in [-0.25, -0.2) is 19.6 Å². The predicted molar refractivity (Wildman–Crippen MR) is 99.8 cm³/mol. The van der Waals surface area contributed by atoms with Crippen LogP contribution in [0.2, 0.25) is 0 Å². The second-order valence-electron chi connectivity index (χ2n) is 6.07. The Bertz CT molecular complexity index is 766. The Kier molecular flexibility index (Phi) is 6.97. The van der Waals surface area contributed by atoms with Gasteiger partial charge in [-0.1, -0.05) is 12.8 Å². The number of nitrogens with one attached hydrogen (secondary N) is 1. The van der Waals surface area contributed by atoms with Crippen LogP contribution in [0, 0.1) is 18.3 Å². The molecular weight excluding hydrogens is 370 g/mol. The summed E-state index contributed by atoms with van der Waals surface area (Å²) >= 11 is 0. The standard InChI is InChI=1S/C17H23N5O6/c1-4-9(10(27-3)7-28-13(16(23)24)17(25)26)6-22-8-19-12-14(18)20-11(5-2)21-15(12)22/h1,9-10,13,19H,5-8H2,2-3H3,(H,23,24)(H,25,26)(H2,18,20,21). The van der Waals surface area contributed by atoms with Crippen molar-refractivity contribution in [3.63, 3.8) is 0 Å². The minimum Gasteiger partial charge on any atom is -0.479 e. The fraction of sp³-hybridized carbons (Fsp3) is 0.529. The van der Waals surface area contributed by atoms with E-state index >= 15 is 0 Å². The lowest BCUT2D eigenvalue weighted by atomic mass is 10.0. The number of terminal acetylenes is 1. The molecule has 0 bridgehead atoms. The summed E-state index contributed by atoms with van der Waals surface area (Å²) in [7, 11) is 1.39. The molecule has 0 aliphatic carbocycles. The number of methoxy groups -OCH3 is 1. The minimum atomic E-state index is -2.00. The first kappa shape index (κ1) is 21.2. The molecule has 152 valence electrons. The molecule has 0 spiro atoms. The zero-order valence-electron chi connectivity index (χ0n) is 15.6. The van der Waals surface area contributed by atoms with Crippen molar-refractivity contribution in [2.24, 2.45) is 5.92 Å². The Morgan fingerprint density at radius 3 is 2.61 bits per heavy atom. The van der Waals surface area contributed by atoms with Crippen molar-refractivity contribution in [2.75, 3.05) is 42.9 Å². The van der Waals surface area contributed by atoms with Crippen molar-refractivity contribution >= 4 is 29.3 Å². The molecule has 0 fully saturated rings. The van der Waals surface area contributed by atoms with Gasteiger partial charge in [-0.2, -0.15) is 0 Å². The molecule has 2 unspecified atom stereocenters.